The molecular weight excluding hydrogens is 516 g/mol. The number of hydrogen-bond acceptors (Lipinski definition) is 5. The summed E-state index contributed by atoms with van der Waals surface area (Å²) in [5.41, 5.74) is 0.399. The predicted molar refractivity (Wildman–Crippen MR) is 129 cm³/mol. The van der Waals surface area contributed by atoms with Crippen LogP contribution in [-0.2, 0) is 11.3 Å². The molecule has 1 heterocycles. The van der Waals surface area contributed by atoms with Crippen LogP contribution in [0.25, 0.3) is 0 Å². The van der Waals surface area contributed by atoms with Crippen molar-refractivity contribution in [2.45, 2.75) is 32.9 Å². The van der Waals surface area contributed by atoms with Crippen molar-refractivity contribution in [2.24, 2.45) is 4.99 Å². The van der Waals surface area contributed by atoms with Crippen LogP contribution >= 0.6 is 24.0 Å². The number of hydrogen-bond donors (Lipinski definition) is 3. The Labute approximate surface area is 199 Å². The van der Waals surface area contributed by atoms with E-state index in [4.69, 9.17) is 9.47 Å². The summed E-state index contributed by atoms with van der Waals surface area (Å²) in [5, 5.41) is 8.95. The number of benzene rings is 1. The molecule has 0 saturated heterocycles. The molecular formula is C21H29FIN5O3. The number of carbonyl (C=O) groups is 1. The lowest BCUT2D eigenvalue weighted by atomic mass is 10.2. The first-order valence-corrected chi connectivity index (χ1v) is 9.55. The van der Waals surface area contributed by atoms with E-state index in [1.54, 1.807) is 31.4 Å². The van der Waals surface area contributed by atoms with E-state index in [1.165, 1.54) is 12.1 Å². The molecule has 8 nitrogen and oxygen atoms in total. The third-order valence-electron chi connectivity index (χ3n) is 3.60. The van der Waals surface area contributed by atoms with Crippen molar-refractivity contribution in [3.05, 3.63) is 54.0 Å². The van der Waals surface area contributed by atoms with Crippen LogP contribution in [0.1, 0.15) is 26.3 Å². The molecule has 10 heteroatoms. The molecule has 0 aliphatic rings. The topological polar surface area (TPSA) is 96.9 Å². The average Bonchev–Trinajstić information content (AvgIpc) is 2.68. The van der Waals surface area contributed by atoms with Crippen LogP contribution in [0.5, 0.6) is 11.6 Å². The Morgan fingerprint density at radius 3 is 2.42 bits per heavy atom. The van der Waals surface area contributed by atoms with Crippen LogP contribution in [0.2, 0.25) is 0 Å². The van der Waals surface area contributed by atoms with Crippen molar-refractivity contribution >= 4 is 36.0 Å². The first-order chi connectivity index (χ1) is 14.2. The maximum atomic E-state index is 13.0. The largest absolute Gasteiger partial charge is 0.444 e. The Morgan fingerprint density at radius 2 is 1.77 bits per heavy atom. The Hall–Kier alpha value is -2.63. The van der Waals surface area contributed by atoms with E-state index in [2.05, 4.69) is 25.9 Å². The number of aromatic nitrogens is 1. The zero-order valence-corrected chi connectivity index (χ0v) is 20.4. The molecule has 1 aromatic carbocycles. The third-order valence-corrected chi connectivity index (χ3v) is 3.60. The van der Waals surface area contributed by atoms with Gasteiger partial charge in [0, 0.05) is 38.9 Å². The second kappa shape index (κ2) is 12.9. The molecule has 0 saturated carbocycles. The predicted octanol–water partition coefficient (Wildman–Crippen LogP) is 3.82. The zero-order valence-electron chi connectivity index (χ0n) is 18.1. The highest BCUT2D eigenvalue weighted by atomic mass is 127. The molecule has 1 aromatic heterocycles. The van der Waals surface area contributed by atoms with Gasteiger partial charge in [0.05, 0.1) is 0 Å². The van der Waals surface area contributed by atoms with E-state index in [0.717, 1.165) is 5.56 Å². The Morgan fingerprint density at radius 1 is 1.10 bits per heavy atom. The van der Waals surface area contributed by atoms with Crippen molar-refractivity contribution in [1.82, 2.24) is 20.9 Å². The van der Waals surface area contributed by atoms with E-state index in [0.29, 0.717) is 37.2 Å². The summed E-state index contributed by atoms with van der Waals surface area (Å²) in [6.07, 6.45) is 1.18. The van der Waals surface area contributed by atoms with Crippen LogP contribution in [-0.4, -0.2) is 42.8 Å². The lowest BCUT2D eigenvalue weighted by Crippen LogP contribution is -2.42. The SMILES string of the molecule is CN=C(NCCNC(=O)OC(C)(C)C)NCc1ccnc(Oc2ccc(F)cc2)c1.I. The fourth-order valence-electron chi connectivity index (χ4n) is 2.31. The van der Waals surface area contributed by atoms with Crippen molar-refractivity contribution in [2.75, 3.05) is 20.1 Å². The van der Waals surface area contributed by atoms with Gasteiger partial charge in [0.2, 0.25) is 5.88 Å². The van der Waals surface area contributed by atoms with E-state index in [9.17, 15) is 9.18 Å². The van der Waals surface area contributed by atoms with Crippen LogP contribution in [0.3, 0.4) is 0 Å². The molecule has 0 bridgehead atoms. The number of aliphatic imine (C=N–C) groups is 1. The second-order valence-electron chi connectivity index (χ2n) is 7.34. The number of nitrogens with zero attached hydrogens (tertiary/aromatic N) is 2. The highest BCUT2D eigenvalue weighted by Gasteiger charge is 2.15. The number of rotatable bonds is 7. The average molecular weight is 545 g/mol. The van der Waals surface area contributed by atoms with E-state index >= 15 is 0 Å². The maximum absolute atomic E-state index is 13.0. The van der Waals surface area contributed by atoms with Gasteiger partial charge in [0.1, 0.15) is 17.2 Å². The van der Waals surface area contributed by atoms with Gasteiger partial charge in [-0.05, 0) is 56.7 Å². The molecule has 0 aliphatic carbocycles. The van der Waals surface area contributed by atoms with Crippen LogP contribution < -0.4 is 20.7 Å². The normalized spacial score (nSPS) is 11.2. The Bertz CT molecular complexity index is 857. The Balaban J connectivity index is 0.00000480. The number of halogens is 2. The summed E-state index contributed by atoms with van der Waals surface area (Å²) in [6.45, 7) is 6.79. The van der Waals surface area contributed by atoms with Gasteiger partial charge >= 0.3 is 6.09 Å². The molecule has 0 spiro atoms. The highest BCUT2D eigenvalue weighted by molar-refractivity contribution is 14.0. The number of alkyl carbamates (subject to hydrolysis) is 1. The van der Waals surface area contributed by atoms with Gasteiger partial charge < -0.3 is 25.4 Å². The molecule has 0 atom stereocenters. The number of guanidine groups is 1. The van der Waals surface area contributed by atoms with Gasteiger partial charge in [-0.25, -0.2) is 14.2 Å². The monoisotopic (exact) mass is 545 g/mol. The molecule has 0 unspecified atom stereocenters. The molecule has 0 radical (unpaired) electrons. The van der Waals surface area contributed by atoms with Gasteiger partial charge in [-0.3, -0.25) is 4.99 Å². The number of nitrogens with one attached hydrogen (secondary N) is 3. The van der Waals surface area contributed by atoms with Crippen molar-refractivity contribution < 1.29 is 18.7 Å². The van der Waals surface area contributed by atoms with Crippen LogP contribution in [0.4, 0.5) is 9.18 Å². The van der Waals surface area contributed by atoms with Gasteiger partial charge in [0.15, 0.2) is 5.96 Å². The molecule has 2 rings (SSSR count). The molecule has 2 aromatic rings. The standard InChI is InChI=1S/C21H28FN5O3.HI/c1-21(2,3)30-20(28)26-12-11-25-19(23-4)27-14-15-9-10-24-18(13-15)29-17-7-5-16(22)6-8-17;/h5-10,13H,11-12,14H2,1-4H3,(H,26,28)(H2,23,25,27);1H. The van der Waals surface area contributed by atoms with E-state index < -0.39 is 11.7 Å². The van der Waals surface area contributed by atoms with Gasteiger partial charge in [0.25, 0.3) is 0 Å². The molecule has 3 N–H and O–H groups in total. The van der Waals surface area contributed by atoms with Crippen LogP contribution in [0, 0.1) is 5.82 Å². The summed E-state index contributed by atoms with van der Waals surface area (Å²) in [7, 11) is 1.66. The minimum absolute atomic E-state index is 0. The highest BCUT2D eigenvalue weighted by Crippen LogP contribution is 2.20. The molecule has 1 amide bonds. The minimum Gasteiger partial charge on any atom is -0.444 e. The first-order valence-electron chi connectivity index (χ1n) is 9.55. The zero-order chi connectivity index (χ0) is 22.0. The molecule has 0 aliphatic heterocycles. The smallest absolute Gasteiger partial charge is 0.407 e. The van der Waals surface area contributed by atoms with Crippen molar-refractivity contribution in [1.29, 1.82) is 0 Å². The lowest BCUT2D eigenvalue weighted by molar-refractivity contribution is 0.0529. The fraction of sp³-hybridized carbons (Fsp3) is 0.381. The third kappa shape index (κ3) is 10.8. The fourth-order valence-corrected chi connectivity index (χ4v) is 2.31. The summed E-state index contributed by atoms with van der Waals surface area (Å²) >= 11 is 0. The quantitative estimate of drug-likeness (QED) is 0.212. The Kier molecular flexibility index (Phi) is 11.0. The van der Waals surface area contributed by atoms with Crippen LogP contribution in [0.15, 0.2) is 47.6 Å². The van der Waals surface area contributed by atoms with Gasteiger partial charge in [-0.2, -0.15) is 0 Å². The second-order valence-corrected chi connectivity index (χ2v) is 7.34. The summed E-state index contributed by atoms with van der Waals surface area (Å²) in [4.78, 5) is 19.9. The van der Waals surface area contributed by atoms with Gasteiger partial charge in [-0.1, -0.05) is 0 Å². The summed E-state index contributed by atoms with van der Waals surface area (Å²) in [6, 6.07) is 9.37. The van der Waals surface area contributed by atoms with Crippen molar-refractivity contribution in [3.8, 4) is 11.6 Å². The van der Waals surface area contributed by atoms with Crippen molar-refractivity contribution in [3.63, 3.8) is 0 Å². The van der Waals surface area contributed by atoms with E-state index in [1.807, 2.05) is 26.8 Å². The molecule has 170 valence electrons. The maximum Gasteiger partial charge on any atom is 0.407 e. The number of amides is 1. The number of pyridine rings is 1. The lowest BCUT2D eigenvalue weighted by Gasteiger charge is -2.20. The molecule has 31 heavy (non-hydrogen) atoms. The molecule has 0 fully saturated rings. The summed E-state index contributed by atoms with van der Waals surface area (Å²) < 4.78 is 23.8. The van der Waals surface area contributed by atoms with Gasteiger partial charge in [-0.15, -0.1) is 24.0 Å². The number of carbonyl (C=O) groups excluding carboxylic acids is 1. The summed E-state index contributed by atoms with van der Waals surface area (Å²) in [5.74, 6) is 1.17. The minimum atomic E-state index is -0.529. The van der Waals surface area contributed by atoms with E-state index in [-0.39, 0.29) is 29.8 Å². The first kappa shape index (κ1) is 26.4. The number of ether oxygens (including phenoxy) is 2.